The van der Waals surface area contributed by atoms with E-state index >= 15 is 0 Å². The molecule has 34 heavy (non-hydrogen) atoms. The number of aromatic hydroxyl groups is 3. The summed E-state index contributed by atoms with van der Waals surface area (Å²) in [5.74, 6) is 0.548. The topological polar surface area (TPSA) is 91.6 Å². The first kappa shape index (κ1) is 21.4. The van der Waals surface area contributed by atoms with Crippen molar-refractivity contribution < 1.29 is 29.5 Å². The molecule has 6 rings (SSSR count). The van der Waals surface area contributed by atoms with Crippen LogP contribution in [0.4, 0.5) is 0 Å². The van der Waals surface area contributed by atoms with E-state index in [0.29, 0.717) is 0 Å². The first-order valence-electron chi connectivity index (χ1n) is 11.3. The van der Waals surface area contributed by atoms with Gasteiger partial charge in [0, 0.05) is 0 Å². The van der Waals surface area contributed by atoms with Gasteiger partial charge in [0.05, 0.1) is 0 Å². The van der Waals surface area contributed by atoms with Gasteiger partial charge in [-0.25, -0.2) is 4.90 Å². The predicted molar refractivity (Wildman–Crippen MR) is 123 cm³/mol. The Morgan fingerprint density at radius 1 is 0.500 bits per heavy atom. The Kier molecular flexibility index (Phi) is 4.39. The summed E-state index contributed by atoms with van der Waals surface area (Å²) in [5, 5.41) is 29.5. The third-order valence-corrected chi connectivity index (χ3v) is 7.62. The number of phenols is 3. The van der Waals surface area contributed by atoms with Gasteiger partial charge in [-0.2, -0.15) is 0 Å². The van der Waals surface area contributed by atoms with Crippen molar-refractivity contribution in [2.45, 2.75) is 56.3 Å². The highest BCUT2D eigenvalue weighted by molar-refractivity contribution is 5.38. The van der Waals surface area contributed by atoms with Gasteiger partial charge in [0.1, 0.15) is 52.7 Å². The van der Waals surface area contributed by atoms with Crippen LogP contribution in [0.3, 0.4) is 0 Å². The second-order valence-corrected chi connectivity index (χ2v) is 9.82. The van der Waals surface area contributed by atoms with Crippen molar-refractivity contribution in [3.05, 3.63) is 89.5 Å². The molecule has 0 saturated carbocycles. The van der Waals surface area contributed by atoms with Crippen molar-refractivity contribution in [2.75, 3.05) is 0 Å². The van der Waals surface area contributed by atoms with Crippen molar-refractivity contribution in [3.63, 3.8) is 0 Å². The Bertz CT molecular complexity index is 1070. The van der Waals surface area contributed by atoms with Crippen molar-refractivity contribution in [3.8, 4) is 17.2 Å². The van der Waals surface area contributed by atoms with Gasteiger partial charge >= 0.3 is 0 Å². The minimum atomic E-state index is -0.840. The standard InChI is InChI=1S/C27H27NO6/c1-25(16-4-10-19(29)11-5-16)22-28-23(32-25)26(2,17-6-12-20(30)13-7-17)34-24(28)27(3,33-22)18-8-14-21(31)15-9-18/h4-15,22-24,29-31H,1-3H3/t22-,23-,24-,25-,26-,27-/m0/s1. The molecule has 7 heteroatoms. The van der Waals surface area contributed by atoms with Gasteiger partial charge in [-0.15, -0.1) is 0 Å². The number of hydrogen-bond donors (Lipinski definition) is 3. The van der Waals surface area contributed by atoms with Crippen LogP contribution in [0, 0.1) is 0 Å². The number of nitrogens with zero attached hydrogens (tertiary/aromatic N) is 1. The van der Waals surface area contributed by atoms with E-state index < -0.39 is 35.5 Å². The molecule has 0 amide bonds. The smallest absolute Gasteiger partial charge is 0.149 e. The second kappa shape index (κ2) is 6.96. The highest BCUT2D eigenvalue weighted by Gasteiger charge is 2.73. The van der Waals surface area contributed by atoms with Gasteiger partial charge in [0.25, 0.3) is 0 Å². The number of benzene rings is 3. The minimum Gasteiger partial charge on any atom is -0.508 e. The quantitative estimate of drug-likeness (QED) is 0.538. The normalized spacial score (nSPS) is 36.6. The molecule has 3 N–H and O–H groups in total. The number of ether oxygens (including phenoxy) is 3. The Morgan fingerprint density at radius 2 is 0.735 bits per heavy atom. The molecule has 0 aliphatic carbocycles. The molecule has 6 atom stereocenters. The molecule has 3 saturated heterocycles. The molecule has 3 aromatic carbocycles. The summed E-state index contributed by atoms with van der Waals surface area (Å²) >= 11 is 0. The van der Waals surface area contributed by atoms with E-state index in [2.05, 4.69) is 4.90 Å². The molecular weight excluding hydrogens is 434 g/mol. The van der Waals surface area contributed by atoms with Crippen molar-refractivity contribution in [1.29, 1.82) is 0 Å². The van der Waals surface area contributed by atoms with E-state index in [4.69, 9.17) is 14.2 Å². The lowest BCUT2D eigenvalue weighted by atomic mass is 9.94. The number of hydrogen-bond acceptors (Lipinski definition) is 7. The summed E-state index contributed by atoms with van der Waals surface area (Å²) in [7, 11) is 0. The number of phenolic OH excluding ortho intramolecular Hbond substituents is 3. The molecule has 3 aliphatic rings. The molecule has 176 valence electrons. The zero-order chi connectivity index (χ0) is 23.9. The first-order valence-corrected chi connectivity index (χ1v) is 11.3. The molecular formula is C27H27NO6. The molecule has 0 bridgehead atoms. The summed E-state index contributed by atoms with van der Waals surface area (Å²) < 4.78 is 20.3. The van der Waals surface area contributed by atoms with E-state index in [1.54, 1.807) is 36.4 Å². The molecule has 3 aromatic rings. The Balaban J connectivity index is 1.50. The van der Waals surface area contributed by atoms with E-state index in [9.17, 15) is 15.3 Å². The van der Waals surface area contributed by atoms with Gasteiger partial charge in [-0.1, -0.05) is 36.4 Å². The van der Waals surface area contributed by atoms with Crippen LogP contribution in [0.2, 0.25) is 0 Å². The average Bonchev–Trinajstić information content (AvgIpc) is 3.39. The van der Waals surface area contributed by atoms with Crippen LogP contribution in [0.15, 0.2) is 72.8 Å². The lowest BCUT2D eigenvalue weighted by molar-refractivity contribution is -0.138. The SMILES string of the molecule is C[C@@]1(c2ccc(O)cc2)O[C@@H]2N3[C@H]1O[C@@](C)(c1ccc(O)cc1)[C@@H]3O[C@@]2(C)c1ccc(O)cc1. The van der Waals surface area contributed by atoms with Gasteiger partial charge in [0.15, 0.2) is 0 Å². The number of rotatable bonds is 3. The lowest BCUT2D eigenvalue weighted by Gasteiger charge is -2.32. The maximum atomic E-state index is 9.84. The van der Waals surface area contributed by atoms with E-state index in [1.807, 2.05) is 57.2 Å². The first-order chi connectivity index (χ1) is 16.1. The van der Waals surface area contributed by atoms with Gasteiger partial charge in [0.2, 0.25) is 0 Å². The summed E-state index contributed by atoms with van der Waals surface area (Å²) in [4.78, 5) is 2.15. The van der Waals surface area contributed by atoms with E-state index in [1.165, 1.54) is 0 Å². The highest BCUT2D eigenvalue weighted by atomic mass is 16.7. The van der Waals surface area contributed by atoms with Crippen LogP contribution in [-0.2, 0) is 31.0 Å². The Hall–Kier alpha value is -3.10. The summed E-state index contributed by atoms with van der Waals surface area (Å²) in [6, 6.07) is 21.0. The molecule has 0 radical (unpaired) electrons. The molecule has 0 aromatic heterocycles. The van der Waals surface area contributed by atoms with Crippen molar-refractivity contribution >= 4 is 0 Å². The fourth-order valence-corrected chi connectivity index (χ4v) is 5.62. The van der Waals surface area contributed by atoms with Crippen LogP contribution in [0.25, 0.3) is 0 Å². The molecule has 0 unspecified atom stereocenters. The zero-order valence-corrected chi connectivity index (χ0v) is 19.2. The van der Waals surface area contributed by atoms with E-state index in [-0.39, 0.29) is 17.2 Å². The van der Waals surface area contributed by atoms with Crippen LogP contribution in [0.5, 0.6) is 17.2 Å². The molecule has 7 nitrogen and oxygen atoms in total. The van der Waals surface area contributed by atoms with Gasteiger partial charge < -0.3 is 29.5 Å². The molecule has 3 fully saturated rings. The third kappa shape index (κ3) is 2.78. The van der Waals surface area contributed by atoms with Crippen LogP contribution in [-0.4, -0.2) is 38.9 Å². The largest absolute Gasteiger partial charge is 0.508 e. The second-order valence-electron chi connectivity index (χ2n) is 9.82. The molecule has 3 aliphatic heterocycles. The Labute approximate surface area is 197 Å². The van der Waals surface area contributed by atoms with Gasteiger partial charge in [-0.3, -0.25) is 0 Å². The Morgan fingerprint density at radius 3 is 0.971 bits per heavy atom. The zero-order valence-electron chi connectivity index (χ0n) is 19.2. The fraction of sp³-hybridized carbons (Fsp3) is 0.333. The maximum Gasteiger partial charge on any atom is 0.149 e. The lowest BCUT2D eigenvalue weighted by Crippen LogP contribution is -2.40. The minimum absolute atomic E-state index is 0.183. The predicted octanol–water partition coefficient (Wildman–Crippen LogP) is 4.22. The molecule has 0 spiro atoms. The summed E-state index contributed by atoms with van der Waals surface area (Å²) in [6.07, 6.45) is -1.40. The molecule has 3 heterocycles. The van der Waals surface area contributed by atoms with Crippen LogP contribution >= 0.6 is 0 Å². The summed E-state index contributed by atoms with van der Waals surface area (Å²) in [5.41, 5.74) is 0.123. The van der Waals surface area contributed by atoms with E-state index in [0.717, 1.165) is 16.7 Å². The van der Waals surface area contributed by atoms with Crippen molar-refractivity contribution in [1.82, 2.24) is 4.90 Å². The average molecular weight is 462 g/mol. The highest BCUT2D eigenvalue weighted by Crippen LogP contribution is 2.61. The van der Waals surface area contributed by atoms with Crippen molar-refractivity contribution in [2.24, 2.45) is 0 Å². The van der Waals surface area contributed by atoms with Crippen LogP contribution in [0.1, 0.15) is 37.5 Å². The third-order valence-electron chi connectivity index (χ3n) is 7.62. The monoisotopic (exact) mass is 461 g/mol. The van der Waals surface area contributed by atoms with Gasteiger partial charge in [-0.05, 0) is 73.9 Å². The fourth-order valence-electron chi connectivity index (χ4n) is 5.62. The summed E-state index contributed by atoms with van der Waals surface area (Å²) in [6.45, 7) is 6.00. The maximum absolute atomic E-state index is 9.84. The van der Waals surface area contributed by atoms with Crippen LogP contribution < -0.4 is 0 Å².